The van der Waals surface area contributed by atoms with Gasteiger partial charge in [0.15, 0.2) is 0 Å². The van der Waals surface area contributed by atoms with Crippen LogP contribution in [0.1, 0.15) is 15.2 Å². The Morgan fingerprint density at radius 1 is 1.38 bits per heavy atom. The van der Waals surface area contributed by atoms with E-state index in [2.05, 4.69) is 4.72 Å². The van der Waals surface area contributed by atoms with Crippen molar-refractivity contribution in [3.63, 3.8) is 0 Å². The molecule has 108 valence electrons. The lowest BCUT2D eigenvalue weighted by molar-refractivity contribution is 0.0698. The number of rotatable bonds is 4. The number of carboxylic acids is 1. The van der Waals surface area contributed by atoms with Gasteiger partial charge in [0.2, 0.25) is 0 Å². The molecule has 2 aromatic rings. The summed E-state index contributed by atoms with van der Waals surface area (Å²) in [6, 6.07) is 5.77. The summed E-state index contributed by atoms with van der Waals surface area (Å²) in [5, 5.41) is 19.1. The van der Waals surface area contributed by atoms with Gasteiger partial charge in [0, 0.05) is 0 Å². The van der Waals surface area contributed by atoms with Gasteiger partial charge in [-0.15, -0.1) is 11.3 Å². The smallest absolute Gasteiger partial charge is 0.347 e. The average Bonchev–Trinajstić information content (AvgIpc) is 2.91. The van der Waals surface area contributed by atoms with Gasteiger partial charge in [-0.2, -0.15) is 5.26 Å². The molecule has 9 heteroatoms. The Morgan fingerprint density at radius 2 is 2.10 bits per heavy atom. The molecule has 0 aliphatic carbocycles. The number of halogens is 1. The first-order valence-corrected chi connectivity index (χ1v) is 7.74. The van der Waals surface area contributed by atoms with Crippen molar-refractivity contribution in [3.8, 4) is 6.07 Å². The molecule has 0 atom stereocenters. The van der Waals surface area contributed by atoms with Crippen LogP contribution >= 0.6 is 11.3 Å². The van der Waals surface area contributed by atoms with Crippen LogP contribution in [0.2, 0.25) is 0 Å². The summed E-state index contributed by atoms with van der Waals surface area (Å²) in [6.45, 7) is 0. The van der Waals surface area contributed by atoms with Crippen LogP contribution in [0, 0.1) is 17.1 Å². The number of nitriles is 1. The van der Waals surface area contributed by atoms with Crippen LogP contribution in [0.4, 0.5) is 10.1 Å². The first-order chi connectivity index (χ1) is 9.85. The minimum absolute atomic E-state index is 0.124. The lowest BCUT2D eigenvalue weighted by atomic mass is 10.2. The van der Waals surface area contributed by atoms with Crippen molar-refractivity contribution in [1.29, 1.82) is 5.26 Å². The molecule has 0 aliphatic heterocycles. The number of anilines is 1. The van der Waals surface area contributed by atoms with E-state index in [-0.39, 0.29) is 16.1 Å². The van der Waals surface area contributed by atoms with E-state index in [1.54, 1.807) is 6.07 Å². The molecule has 0 saturated heterocycles. The van der Waals surface area contributed by atoms with Crippen molar-refractivity contribution in [2.24, 2.45) is 0 Å². The number of carboxylic acid groups (broad SMARTS) is 1. The summed E-state index contributed by atoms with van der Waals surface area (Å²) in [6.07, 6.45) is 0. The summed E-state index contributed by atoms with van der Waals surface area (Å²) in [5.41, 5.74) is -0.327. The largest absolute Gasteiger partial charge is 0.477 e. The van der Waals surface area contributed by atoms with Crippen LogP contribution in [0.5, 0.6) is 0 Å². The zero-order valence-corrected chi connectivity index (χ0v) is 11.8. The fraction of sp³-hybridized carbons (Fsp3) is 0. The highest BCUT2D eigenvalue weighted by molar-refractivity contribution is 7.93. The predicted octanol–water partition coefficient (Wildman–Crippen LogP) is 2.26. The van der Waals surface area contributed by atoms with E-state index in [4.69, 9.17) is 10.4 Å². The Morgan fingerprint density at radius 3 is 2.71 bits per heavy atom. The molecule has 1 aromatic heterocycles. The summed E-state index contributed by atoms with van der Waals surface area (Å²) in [7, 11) is -4.19. The second-order valence-electron chi connectivity index (χ2n) is 3.83. The van der Waals surface area contributed by atoms with Gasteiger partial charge in [0.25, 0.3) is 10.0 Å². The highest BCUT2D eigenvalue weighted by Crippen LogP contribution is 2.26. The molecule has 1 heterocycles. The quantitative estimate of drug-likeness (QED) is 0.896. The molecule has 0 bridgehead atoms. The Kier molecular flexibility index (Phi) is 3.93. The van der Waals surface area contributed by atoms with Gasteiger partial charge in [-0.05, 0) is 29.6 Å². The van der Waals surface area contributed by atoms with Gasteiger partial charge >= 0.3 is 5.97 Å². The molecule has 21 heavy (non-hydrogen) atoms. The van der Waals surface area contributed by atoms with E-state index in [0.717, 1.165) is 35.6 Å². The van der Waals surface area contributed by atoms with Gasteiger partial charge in [-0.25, -0.2) is 17.6 Å². The molecular weight excluding hydrogens is 319 g/mol. The number of benzene rings is 1. The van der Waals surface area contributed by atoms with Gasteiger partial charge in [0.1, 0.15) is 21.7 Å². The molecule has 0 fully saturated rings. The monoisotopic (exact) mass is 326 g/mol. The van der Waals surface area contributed by atoms with Gasteiger partial charge in [0.05, 0.1) is 11.3 Å². The van der Waals surface area contributed by atoms with E-state index >= 15 is 0 Å². The molecule has 1 aromatic carbocycles. The number of nitrogens with zero attached hydrogens (tertiary/aromatic N) is 1. The number of nitrogens with one attached hydrogen (secondary N) is 1. The normalized spacial score (nSPS) is 10.9. The lowest BCUT2D eigenvalue weighted by Crippen LogP contribution is -2.16. The van der Waals surface area contributed by atoms with Crippen molar-refractivity contribution in [3.05, 3.63) is 45.9 Å². The Balaban J connectivity index is 2.46. The zero-order chi connectivity index (χ0) is 15.6. The number of thiophene rings is 1. The fourth-order valence-electron chi connectivity index (χ4n) is 1.56. The molecular formula is C12H7FN2O4S2. The van der Waals surface area contributed by atoms with Crippen LogP contribution in [0.25, 0.3) is 0 Å². The van der Waals surface area contributed by atoms with E-state index in [1.165, 1.54) is 5.38 Å². The molecule has 0 spiro atoms. The maximum atomic E-state index is 13.0. The highest BCUT2D eigenvalue weighted by atomic mass is 32.2. The number of carbonyl (C=O) groups is 1. The number of hydrogen-bond donors (Lipinski definition) is 2. The summed E-state index contributed by atoms with van der Waals surface area (Å²) in [4.78, 5) is 10.2. The molecule has 0 radical (unpaired) electrons. The number of aromatic carboxylic acids is 1. The second-order valence-corrected chi connectivity index (χ2v) is 6.39. The van der Waals surface area contributed by atoms with E-state index in [0.29, 0.717) is 0 Å². The van der Waals surface area contributed by atoms with E-state index < -0.39 is 26.7 Å². The van der Waals surface area contributed by atoms with Crippen LogP contribution < -0.4 is 4.72 Å². The summed E-state index contributed by atoms with van der Waals surface area (Å²) in [5.74, 6) is -2.05. The van der Waals surface area contributed by atoms with Crippen LogP contribution in [-0.4, -0.2) is 19.5 Å². The Hall–Kier alpha value is -2.44. The molecule has 6 nitrogen and oxygen atoms in total. The van der Waals surface area contributed by atoms with E-state index in [1.807, 2.05) is 0 Å². The third kappa shape index (κ3) is 3.01. The molecule has 0 amide bonds. The topological polar surface area (TPSA) is 107 Å². The first kappa shape index (κ1) is 15.0. The van der Waals surface area contributed by atoms with E-state index in [9.17, 15) is 17.6 Å². The molecule has 0 aliphatic rings. The van der Waals surface area contributed by atoms with Crippen molar-refractivity contribution >= 4 is 33.0 Å². The molecule has 2 N–H and O–H groups in total. The predicted molar refractivity (Wildman–Crippen MR) is 73.2 cm³/mol. The van der Waals surface area contributed by atoms with Crippen molar-refractivity contribution in [2.45, 2.75) is 4.90 Å². The first-order valence-electron chi connectivity index (χ1n) is 5.38. The summed E-state index contributed by atoms with van der Waals surface area (Å²) < 4.78 is 39.4. The lowest BCUT2D eigenvalue weighted by Gasteiger charge is -2.09. The average molecular weight is 326 g/mol. The van der Waals surface area contributed by atoms with Crippen molar-refractivity contribution < 1.29 is 22.7 Å². The summed E-state index contributed by atoms with van der Waals surface area (Å²) >= 11 is 0.764. The molecule has 0 saturated carbocycles. The third-order valence-electron chi connectivity index (χ3n) is 2.46. The number of hydrogen-bond acceptors (Lipinski definition) is 5. The highest BCUT2D eigenvalue weighted by Gasteiger charge is 2.24. The minimum atomic E-state index is -4.19. The van der Waals surface area contributed by atoms with Crippen LogP contribution in [0.15, 0.2) is 34.5 Å². The Labute approximate surface area is 123 Å². The van der Waals surface area contributed by atoms with Gasteiger partial charge < -0.3 is 5.11 Å². The van der Waals surface area contributed by atoms with Crippen LogP contribution in [0.3, 0.4) is 0 Å². The molecule has 2 rings (SSSR count). The minimum Gasteiger partial charge on any atom is -0.477 e. The maximum absolute atomic E-state index is 13.0. The van der Waals surface area contributed by atoms with Gasteiger partial charge in [-0.1, -0.05) is 0 Å². The van der Waals surface area contributed by atoms with Crippen molar-refractivity contribution in [2.75, 3.05) is 4.72 Å². The van der Waals surface area contributed by atoms with Crippen molar-refractivity contribution in [1.82, 2.24) is 0 Å². The third-order valence-corrected chi connectivity index (χ3v) is 4.90. The van der Waals surface area contributed by atoms with Crippen LogP contribution in [-0.2, 0) is 10.0 Å². The second kappa shape index (κ2) is 5.51. The van der Waals surface area contributed by atoms with Gasteiger partial charge in [-0.3, -0.25) is 4.72 Å². The SMILES string of the molecule is N#Cc1cc(F)ccc1NS(=O)(=O)c1ccsc1C(=O)O. The fourth-order valence-corrected chi connectivity index (χ4v) is 3.90. The standard InChI is InChI=1S/C12H7FN2O4S2/c13-8-1-2-9(7(5-8)6-14)15-21(18,19)10-3-4-20-11(10)12(16)17/h1-5,15H,(H,16,17). The zero-order valence-electron chi connectivity index (χ0n) is 10.2. The Bertz CT molecular complexity index is 852. The number of sulfonamides is 1. The maximum Gasteiger partial charge on any atom is 0.347 e. The molecule has 0 unspecified atom stereocenters.